The van der Waals surface area contributed by atoms with Gasteiger partial charge in [-0.25, -0.2) is 0 Å². The van der Waals surface area contributed by atoms with Gasteiger partial charge in [0.25, 0.3) is 0 Å². The molecule has 0 bridgehead atoms. The van der Waals surface area contributed by atoms with Gasteiger partial charge in [-0.1, -0.05) is 0 Å². The molecule has 5 nitrogen and oxygen atoms in total. The minimum absolute atomic E-state index is 0.294. The van der Waals surface area contributed by atoms with Crippen LogP contribution >= 0.6 is 0 Å². The Balaban J connectivity index is 1.74. The molecule has 1 aromatic rings. The Kier molecular flexibility index (Phi) is 3.92. The highest BCUT2D eigenvalue weighted by atomic mass is 15.3. The maximum Gasteiger partial charge on any atom is 0.145 e. The van der Waals surface area contributed by atoms with Crippen molar-refractivity contribution in [1.29, 1.82) is 0 Å². The zero-order chi connectivity index (χ0) is 13.2. The predicted octanol–water partition coefficient (Wildman–Crippen LogP) is 0.881. The summed E-state index contributed by atoms with van der Waals surface area (Å²) in [7, 11) is 0. The van der Waals surface area contributed by atoms with Crippen LogP contribution in [0.5, 0.6) is 0 Å². The van der Waals surface area contributed by atoms with E-state index in [0.29, 0.717) is 11.4 Å². The molecular formula is C13H25N5. The van der Waals surface area contributed by atoms with E-state index >= 15 is 0 Å². The van der Waals surface area contributed by atoms with Gasteiger partial charge in [0.2, 0.25) is 0 Å². The van der Waals surface area contributed by atoms with Gasteiger partial charge in [-0.2, -0.15) is 5.10 Å². The number of nitrogens with zero attached hydrogens (tertiary/aromatic N) is 4. The Morgan fingerprint density at radius 3 is 2.33 bits per heavy atom. The number of hydrogen-bond donors (Lipinski definition) is 1. The summed E-state index contributed by atoms with van der Waals surface area (Å²) in [5.41, 5.74) is 5.90. The van der Waals surface area contributed by atoms with Crippen LogP contribution in [-0.4, -0.2) is 57.8 Å². The second-order valence-electron chi connectivity index (χ2n) is 6.00. The van der Waals surface area contributed by atoms with Crippen molar-refractivity contribution < 1.29 is 0 Å². The quantitative estimate of drug-likeness (QED) is 0.866. The molecule has 0 aromatic carbocycles. The highest BCUT2D eigenvalue weighted by Crippen LogP contribution is 2.15. The molecule has 2 N–H and O–H groups in total. The summed E-state index contributed by atoms with van der Waals surface area (Å²) in [5, 5.41) is 4.21. The second kappa shape index (κ2) is 5.28. The average molecular weight is 251 g/mol. The van der Waals surface area contributed by atoms with E-state index in [2.05, 4.69) is 35.7 Å². The van der Waals surface area contributed by atoms with Crippen LogP contribution in [0.1, 0.15) is 20.8 Å². The van der Waals surface area contributed by atoms with E-state index in [1.807, 2.05) is 16.9 Å². The van der Waals surface area contributed by atoms with Gasteiger partial charge in [-0.15, -0.1) is 0 Å². The molecule has 1 aromatic heterocycles. The first-order valence-corrected chi connectivity index (χ1v) is 6.71. The fraction of sp³-hybridized carbons (Fsp3) is 0.769. The van der Waals surface area contributed by atoms with Crippen molar-refractivity contribution in [2.24, 2.45) is 0 Å². The van der Waals surface area contributed by atoms with Gasteiger partial charge in [0.1, 0.15) is 5.82 Å². The first-order valence-electron chi connectivity index (χ1n) is 6.71. The molecule has 0 atom stereocenters. The van der Waals surface area contributed by atoms with Gasteiger partial charge in [0.05, 0.1) is 6.54 Å². The van der Waals surface area contributed by atoms with E-state index in [1.165, 1.54) is 0 Å². The van der Waals surface area contributed by atoms with Crippen LogP contribution < -0.4 is 5.73 Å². The van der Waals surface area contributed by atoms with Crippen LogP contribution in [-0.2, 0) is 6.54 Å². The number of nitrogen functional groups attached to an aromatic ring is 1. The van der Waals surface area contributed by atoms with Gasteiger partial charge in [0, 0.05) is 44.5 Å². The third-order valence-corrected chi connectivity index (χ3v) is 3.63. The Labute approximate surface area is 110 Å². The molecule has 1 aliphatic rings. The Morgan fingerprint density at radius 2 is 1.83 bits per heavy atom. The molecule has 0 radical (unpaired) electrons. The third-order valence-electron chi connectivity index (χ3n) is 3.63. The van der Waals surface area contributed by atoms with Gasteiger partial charge < -0.3 is 5.73 Å². The van der Waals surface area contributed by atoms with E-state index in [0.717, 1.165) is 39.3 Å². The van der Waals surface area contributed by atoms with E-state index in [9.17, 15) is 0 Å². The number of piperazine rings is 1. The molecule has 0 amide bonds. The fourth-order valence-electron chi connectivity index (χ4n) is 2.39. The standard InChI is InChI=1S/C13H25N5/c1-13(2,3)17-9-6-16(7-10-17)8-11-18-5-4-12(14)15-18/h4-5H,6-11H2,1-3H3,(H2,14,15). The Morgan fingerprint density at radius 1 is 1.17 bits per heavy atom. The van der Waals surface area contributed by atoms with E-state index in [4.69, 9.17) is 5.73 Å². The monoisotopic (exact) mass is 251 g/mol. The molecule has 0 spiro atoms. The topological polar surface area (TPSA) is 50.3 Å². The summed E-state index contributed by atoms with van der Waals surface area (Å²) < 4.78 is 1.92. The smallest absolute Gasteiger partial charge is 0.145 e. The molecule has 0 saturated carbocycles. The minimum atomic E-state index is 0.294. The van der Waals surface area contributed by atoms with Crippen LogP contribution in [0.3, 0.4) is 0 Å². The zero-order valence-electron chi connectivity index (χ0n) is 11.8. The Hall–Kier alpha value is -1.07. The summed E-state index contributed by atoms with van der Waals surface area (Å²) in [4.78, 5) is 5.05. The lowest BCUT2D eigenvalue weighted by molar-refractivity contribution is 0.0605. The summed E-state index contributed by atoms with van der Waals surface area (Å²) in [5.74, 6) is 0.604. The molecule has 2 heterocycles. The fourth-order valence-corrected chi connectivity index (χ4v) is 2.39. The minimum Gasteiger partial charge on any atom is -0.382 e. The number of anilines is 1. The largest absolute Gasteiger partial charge is 0.382 e. The number of rotatable bonds is 3. The molecule has 1 fully saturated rings. The highest BCUT2D eigenvalue weighted by Gasteiger charge is 2.25. The van der Waals surface area contributed by atoms with Gasteiger partial charge in [-0.05, 0) is 26.8 Å². The molecule has 5 heteroatoms. The molecule has 1 saturated heterocycles. The lowest BCUT2D eigenvalue weighted by atomic mass is 10.1. The van der Waals surface area contributed by atoms with Crippen molar-refractivity contribution in [3.63, 3.8) is 0 Å². The number of nitrogens with two attached hydrogens (primary N) is 1. The van der Waals surface area contributed by atoms with Crippen LogP contribution in [0.2, 0.25) is 0 Å². The molecule has 102 valence electrons. The first kappa shape index (κ1) is 13.4. The molecule has 2 rings (SSSR count). The van der Waals surface area contributed by atoms with Crippen molar-refractivity contribution in [1.82, 2.24) is 19.6 Å². The summed E-state index contributed by atoms with van der Waals surface area (Å²) in [6.45, 7) is 13.4. The SMILES string of the molecule is CC(C)(C)N1CCN(CCn2ccc(N)n2)CC1. The van der Waals surface area contributed by atoms with Gasteiger partial charge in [-0.3, -0.25) is 14.5 Å². The van der Waals surface area contributed by atoms with Crippen LogP contribution in [0.15, 0.2) is 12.3 Å². The molecule has 0 unspecified atom stereocenters. The summed E-state index contributed by atoms with van der Waals surface area (Å²) in [6, 6.07) is 1.84. The lowest BCUT2D eigenvalue weighted by Crippen LogP contribution is -2.53. The van der Waals surface area contributed by atoms with E-state index in [1.54, 1.807) is 0 Å². The Bertz CT molecular complexity index is 371. The highest BCUT2D eigenvalue weighted by molar-refractivity contribution is 5.23. The molecule has 0 aliphatic carbocycles. The predicted molar refractivity (Wildman–Crippen MR) is 74.4 cm³/mol. The third kappa shape index (κ3) is 3.46. The van der Waals surface area contributed by atoms with Crippen molar-refractivity contribution in [3.05, 3.63) is 12.3 Å². The first-order chi connectivity index (χ1) is 8.45. The lowest BCUT2D eigenvalue weighted by Gasteiger charge is -2.42. The van der Waals surface area contributed by atoms with E-state index in [-0.39, 0.29) is 0 Å². The van der Waals surface area contributed by atoms with Crippen molar-refractivity contribution in [2.45, 2.75) is 32.9 Å². The van der Waals surface area contributed by atoms with Crippen LogP contribution in [0.25, 0.3) is 0 Å². The molecule has 18 heavy (non-hydrogen) atoms. The maximum absolute atomic E-state index is 5.60. The maximum atomic E-state index is 5.60. The summed E-state index contributed by atoms with van der Waals surface area (Å²) >= 11 is 0. The van der Waals surface area contributed by atoms with E-state index < -0.39 is 0 Å². The number of hydrogen-bond acceptors (Lipinski definition) is 4. The van der Waals surface area contributed by atoms with Gasteiger partial charge in [0.15, 0.2) is 0 Å². The molecule has 1 aliphatic heterocycles. The van der Waals surface area contributed by atoms with Crippen LogP contribution in [0.4, 0.5) is 5.82 Å². The number of aromatic nitrogens is 2. The molecular weight excluding hydrogens is 226 g/mol. The average Bonchev–Trinajstić information content (AvgIpc) is 2.72. The van der Waals surface area contributed by atoms with Gasteiger partial charge >= 0.3 is 0 Å². The zero-order valence-corrected chi connectivity index (χ0v) is 11.8. The summed E-state index contributed by atoms with van der Waals surface area (Å²) in [6.07, 6.45) is 1.95. The normalized spacial score (nSPS) is 19.3. The van der Waals surface area contributed by atoms with Crippen molar-refractivity contribution >= 4 is 5.82 Å². The van der Waals surface area contributed by atoms with Crippen molar-refractivity contribution in [3.8, 4) is 0 Å². The van der Waals surface area contributed by atoms with Crippen LogP contribution in [0, 0.1) is 0 Å². The van der Waals surface area contributed by atoms with Crippen molar-refractivity contribution in [2.75, 3.05) is 38.5 Å². The second-order valence-corrected chi connectivity index (χ2v) is 6.00.